The second kappa shape index (κ2) is 5.55. The van der Waals surface area contributed by atoms with E-state index >= 15 is 0 Å². The molecule has 23 heavy (non-hydrogen) atoms. The number of nitrogens with one attached hydrogen (secondary N) is 1. The van der Waals surface area contributed by atoms with Crippen molar-refractivity contribution in [3.05, 3.63) is 70.3 Å². The number of pyridine rings is 1. The Labute approximate surface area is 136 Å². The SMILES string of the molecule is Cc1cccn2c(=O)cc(CSc3nc4ccccc4[nH]3)nc12. The van der Waals surface area contributed by atoms with Gasteiger partial charge >= 0.3 is 0 Å². The Morgan fingerprint density at radius 2 is 2.04 bits per heavy atom. The van der Waals surface area contributed by atoms with Gasteiger partial charge in [0, 0.05) is 18.0 Å². The minimum absolute atomic E-state index is 0.0566. The van der Waals surface area contributed by atoms with Crippen LogP contribution in [0.1, 0.15) is 11.3 Å². The zero-order chi connectivity index (χ0) is 15.8. The predicted octanol–water partition coefficient (Wildman–Crippen LogP) is 3.17. The van der Waals surface area contributed by atoms with E-state index in [2.05, 4.69) is 15.0 Å². The first-order valence-electron chi connectivity index (χ1n) is 7.26. The van der Waals surface area contributed by atoms with Gasteiger partial charge in [0.15, 0.2) is 5.16 Å². The summed E-state index contributed by atoms with van der Waals surface area (Å²) < 4.78 is 1.57. The quantitative estimate of drug-likeness (QED) is 0.589. The fourth-order valence-electron chi connectivity index (χ4n) is 2.52. The Balaban J connectivity index is 1.65. The lowest BCUT2D eigenvalue weighted by atomic mass is 10.3. The maximum absolute atomic E-state index is 12.2. The smallest absolute Gasteiger partial charge is 0.258 e. The van der Waals surface area contributed by atoms with Crippen molar-refractivity contribution in [3.63, 3.8) is 0 Å². The molecule has 0 bridgehead atoms. The Kier molecular flexibility index (Phi) is 3.38. The molecule has 0 aliphatic carbocycles. The van der Waals surface area contributed by atoms with Crippen LogP contribution in [-0.2, 0) is 5.75 Å². The summed E-state index contributed by atoms with van der Waals surface area (Å²) in [4.78, 5) is 24.6. The number of hydrogen-bond donors (Lipinski definition) is 1. The Bertz CT molecular complexity index is 1030. The van der Waals surface area contributed by atoms with Gasteiger partial charge in [-0.15, -0.1) is 0 Å². The fraction of sp³-hybridized carbons (Fsp3) is 0.118. The van der Waals surface area contributed by atoms with Crippen LogP contribution in [0, 0.1) is 6.92 Å². The molecule has 0 spiro atoms. The minimum Gasteiger partial charge on any atom is -0.333 e. The number of hydrogen-bond acceptors (Lipinski definition) is 4. The number of H-pyrrole nitrogens is 1. The third kappa shape index (κ3) is 2.61. The molecule has 3 aromatic heterocycles. The normalized spacial score (nSPS) is 11.3. The maximum Gasteiger partial charge on any atom is 0.258 e. The van der Waals surface area contributed by atoms with Crippen LogP contribution >= 0.6 is 11.8 Å². The summed E-state index contributed by atoms with van der Waals surface area (Å²) in [5, 5.41) is 0.831. The van der Waals surface area contributed by atoms with Gasteiger partial charge in [0.05, 0.1) is 16.7 Å². The van der Waals surface area contributed by atoms with Crippen LogP contribution in [-0.4, -0.2) is 19.4 Å². The van der Waals surface area contributed by atoms with E-state index in [1.807, 2.05) is 43.3 Å². The molecule has 0 fully saturated rings. The zero-order valence-corrected chi connectivity index (χ0v) is 13.3. The summed E-state index contributed by atoms with van der Waals surface area (Å²) >= 11 is 1.55. The molecule has 0 saturated carbocycles. The van der Waals surface area contributed by atoms with Crippen molar-refractivity contribution in [2.24, 2.45) is 0 Å². The number of aryl methyl sites for hydroxylation is 1. The summed E-state index contributed by atoms with van der Waals surface area (Å²) in [6.45, 7) is 1.96. The van der Waals surface area contributed by atoms with E-state index in [-0.39, 0.29) is 5.56 Å². The van der Waals surface area contributed by atoms with Crippen molar-refractivity contribution >= 4 is 28.4 Å². The highest BCUT2D eigenvalue weighted by atomic mass is 32.2. The topological polar surface area (TPSA) is 63.1 Å². The van der Waals surface area contributed by atoms with Gasteiger partial charge in [0.2, 0.25) is 0 Å². The number of rotatable bonds is 3. The van der Waals surface area contributed by atoms with Crippen LogP contribution in [0.5, 0.6) is 0 Å². The summed E-state index contributed by atoms with van der Waals surface area (Å²) in [5.41, 5.74) is 4.35. The second-order valence-electron chi connectivity index (χ2n) is 5.32. The summed E-state index contributed by atoms with van der Waals surface area (Å²) in [6.07, 6.45) is 1.74. The fourth-order valence-corrected chi connectivity index (χ4v) is 3.30. The second-order valence-corrected chi connectivity index (χ2v) is 6.28. The molecular formula is C17H14N4OS. The van der Waals surface area contributed by atoms with E-state index in [4.69, 9.17) is 0 Å². The Morgan fingerprint density at radius 3 is 2.91 bits per heavy atom. The number of nitrogens with zero attached hydrogens (tertiary/aromatic N) is 3. The van der Waals surface area contributed by atoms with Gasteiger partial charge < -0.3 is 4.98 Å². The van der Waals surface area contributed by atoms with Crippen molar-refractivity contribution in [3.8, 4) is 0 Å². The molecule has 0 aliphatic heterocycles. The molecule has 1 aromatic carbocycles. The molecular weight excluding hydrogens is 308 g/mol. The van der Waals surface area contributed by atoms with Crippen LogP contribution in [0.15, 0.2) is 58.6 Å². The number of aromatic amines is 1. The molecule has 3 heterocycles. The van der Waals surface area contributed by atoms with Crippen molar-refractivity contribution in [2.45, 2.75) is 17.8 Å². The lowest BCUT2D eigenvalue weighted by Crippen LogP contribution is -2.15. The molecule has 4 rings (SSSR count). The lowest BCUT2D eigenvalue weighted by Gasteiger charge is -2.05. The molecule has 6 heteroatoms. The number of para-hydroxylation sites is 2. The van der Waals surface area contributed by atoms with Crippen LogP contribution < -0.4 is 5.56 Å². The monoisotopic (exact) mass is 322 g/mol. The summed E-state index contributed by atoms with van der Waals surface area (Å²) in [7, 11) is 0. The van der Waals surface area contributed by atoms with Crippen molar-refractivity contribution in [2.75, 3.05) is 0 Å². The number of aromatic nitrogens is 4. The van der Waals surface area contributed by atoms with E-state index in [9.17, 15) is 4.79 Å². The van der Waals surface area contributed by atoms with Crippen LogP contribution in [0.3, 0.4) is 0 Å². The average molecular weight is 322 g/mol. The molecule has 0 radical (unpaired) electrons. The highest BCUT2D eigenvalue weighted by Crippen LogP contribution is 2.22. The van der Waals surface area contributed by atoms with Crippen LogP contribution in [0.2, 0.25) is 0 Å². The van der Waals surface area contributed by atoms with Crippen molar-refractivity contribution in [1.82, 2.24) is 19.4 Å². The van der Waals surface area contributed by atoms with E-state index < -0.39 is 0 Å². The number of benzene rings is 1. The molecule has 0 atom stereocenters. The first kappa shape index (κ1) is 14.0. The Hall–Kier alpha value is -2.60. The predicted molar refractivity (Wildman–Crippen MR) is 91.9 cm³/mol. The molecule has 0 saturated heterocycles. The van der Waals surface area contributed by atoms with Crippen molar-refractivity contribution < 1.29 is 0 Å². The lowest BCUT2D eigenvalue weighted by molar-refractivity contribution is 0.997. The third-order valence-electron chi connectivity index (χ3n) is 3.66. The highest BCUT2D eigenvalue weighted by Gasteiger charge is 2.07. The molecule has 0 unspecified atom stereocenters. The summed E-state index contributed by atoms with van der Waals surface area (Å²) in [6, 6.07) is 13.3. The number of fused-ring (bicyclic) bond motifs is 2. The average Bonchev–Trinajstić information content (AvgIpc) is 2.97. The van der Waals surface area contributed by atoms with Gasteiger partial charge in [-0.2, -0.15) is 0 Å². The molecule has 5 nitrogen and oxygen atoms in total. The van der Waals surface area contributed by atoms with Gasteiger partial charge in [-0.3, -0.25) is 9.20 Å². The molecule has 0 aliphatic rings. The van der Waals surface area contributed by atoms with E-state index in [0.717, 1.165) is 27.4 Å². The first-order chi connectivity index (χ1) is 11.2. The Morgan fingerprint density at radius 1 is 1.17 bits per heavy atom. The maximum atomic E-state index is 12.2. The minimum atomic E-state index is -0.0566. The van der Waals surface area contributed by atoms with E-state index in [1.165, 1.54) is 0 Å². The van der Waals surface area contributed by atoms with Gasteiger partial charge in [0.1, 0.15) is 5.65 Å². The van der Waals surface area contributed by atoms with Gasteiger partial charge in [-0.05, 0) is 30.7 Å². The van der Waals surface area contributed by atoms with E-state index in [1.54, 1.807) is 28.4 Å². The molecule has 1 N–H and O–H groups in total. The van der Waals surface area contributed by atoms with Gasteiger partial charge in [-0.1, -0.05) is 30.0 Å². The van der Waals surface area contributed by atoms with Crippen LogP contribution in [0.25, 0.3) is 16.7 Å². The zero-order valence-electron chi connectivity index (χ0n) is 12.5. The summed E-state index contributed by atoms with van der Waals surface area (Å²) in [5.74, 6) is 0.597. The van der Waals surface area contributed by atoms with E-state index in [0.29, 0.717) is 11.4 Å². The van der Waals surface area contributed by atoms with Gasteiger partial charge in [0.25, 0.3) is 5.56 Å². The standard InChI is InChI=1S/C17H14N4OS/c1-11-5-4-8-21-15(22)9-12(18-16(11)21)10-23-17-19-13-6-2-3-7-14(13)20-17/h2-9H,10H2,1H3,(H,19,20). The largest absolute Gasteiger partial charge is 0.333 e. The number of thioether (sulfide) groups is 1. The third-order valence-corrected chi connectivity index (χ3v) is 4.57. The van der Waals surface area contributed by atoms with Crippen molar-refractivity contribution in [1.29, 1.82) is 0 Å². The molecule has 114 valence electrons. The number of imidazole rings is 1. The molecule has 4 aromatic rings. The van der Waals surface area contributed by atoms with Gasteiger partial charge in [-0.25, -0.2) is 9.97 Å². The highest BCUT2D eigenvalue weighted by molar-refractivity contribution is 7.98. The first-order valence-corrected chi connectivity index (χ1v) is 8.25. The van der Waals surface area contributed by atoms with Crippen LogP contribution in [0.4, 0.5) is 0 Å². The molecule has 0 amide bonds.